The van der Waals surface area contributed by atoms with E-state index in [4.69, 9.17) is 16.3 Å². The number of methoxy groups -OCH3 is 1. The number of hydrogen-bond acceptors (Lipinski definition) is 3. The van der Waals surface area contributed by atoms with Gasteiger partial charge in [-0.15, -0.1) is 0 Å². The number of amides is 2. The van der Waals surface area contributed by atoms with E-state index < -0.39 is 0 Å². The zero-order valence-corrected chi connectivity index (χ0v) is 14.3. The monoisotopic (exact) mass is 338 g/mol. The molecule has 1 aliphatic carbocycles. The Balaban J connectivity index is 2.05. The molecule has 5 nitrogen and oxygen atoms in total. The third-order valence-corrected chi connectivity index (χ3v) is 4.68. The summed E-state index contributed by atoms with van der Waals surface area (Å²) in [5.74, 6) is 0.285. The lowest BCUT2D eigenvalue weighted by Gasteiger charge is -2.31. The number of halogens is 1. The molecule has 2 atom stereocenters. The average molecular weight is 339 g/mol. The molecular formula is C17H23ClN2O3. The topological polar surface area (TPSA) is 67.4 Å². The third kappa shape index (κ3) is 4.38. The Kier molecular flexibility index (Phi) is 6.28. The minimum absolute atomic E-state index is 0.00896. The Morgan fingerprint density at radius 2 is 2.04 bits per heavy atom. The molecule has 2 rings (SSSR count). The van der Waals surface area contributed by atoms with Crippen LogP contribution in [0.3, 0.4) is 0 Å². The highest BCUT2D eigenvalue weighted by atomic mass is 35.5. The van der Waals surface area contributed by atoms with Crippen LogP contribution in [-0.4, -0.2) is 32.0 Å². The standard InChI is InChI=1S/C17H23ClN2O3/c1-19-17(22)11-6-3-4-8-14(11)20-16(21)10-12-13(18)7-5-9-15(12)23-2/h5,7,9,11,14H,3-4,6,8,10H2,1-2H3,(H,19,22)(H,20,21)/t11-,14+/m0/s1. The molecule has 1 saturated carbocycles. The van der Waals surface area contributed by atoms with Gasteiger partial charge in [-0.05, 0) is 25.0 Å². The van der Waals surface area contributed by atoms with E-state index in [1.807, 2.05) is 0 Å². The highest BCUT2D eigenvalue weighted by molar-refractivity contribution is 6.31. The molecule has 0 aliphatic heterocycles. The summed E-state index contributed by atoms with van der Waals surface area (Å²) < 4.78 is 5.27. The van der Waals surface area contributed by atoms with Gasteiger partial charge in [0.05, 0.1) is 19.4 Å². The summed E-state index contributed by atoms with van der Waals surface area (Å²) in [7, 11) is 3.18. The van der Waals surface area contributed by atoms with Crippen molar-refractivity contribution in [1.82, 2.24) is 10.6 Å². The summed E-state index contributed by atoms with van der Waals surface area (Å²) >= 11 is 6.17. The van der Waals surface area contributed by atoms with E-state index in [2.05, 4.69) is 10.6 Å². The SMILES string of the molecule is CNC(=O)[C@H]1CCCC[C@H]1NC(=O)Cc1c(Cl)cccc1OC. The van der Waals surface area contributed by atoms with Crippen molar-refractivity contribution in [2.24, 2.45) is 5.92 Å². The number of carbonyl (C=O) groups is 2. The lowest BCUT2D eigenvalue weighted by molar-refractivity contribution is -0.127. The smallest absolute Gasteiger partial charge is 0.224 e. The van der Waals surface area contributed by atoms with E-state index >= 15 is 0 Å². The second kappa shape index (κ2) is 8.20. The first-order valence-corrected chi connectivity index (χ1v) is 8.27. The van der Waals surface area contributed by atoms with Gasteiger partial charge < -0.3 is 15.4 Å². The van der Waals surface area contributed by atoms with Crippen molar-refractivity contribution in [3.63, 3.8) is 0 Å². The first-order valence-electron chi connectivity index (χ1n) is 7.89. The van der Waals surface area contributed by atoms with Crippen LogP contribution in [0, 0.1) is 5.92 Å². The fourth-order valence-corrected chi connectivity index (χ4v) is 3.36. The molecule has 0 aromatic heterocycles. The molecule has 1 fully saturated rings. The summed E-state index contributed by atoms with van der Waals surface area (Å²) in [4.78, 5) is 24.4. The first-order chi connectivity index (χ1) is 11.1. The predicted molar refractivity (Wildman–Crippen MR) is 89.7 cm³/mol. The Bertz CT molecular complexity index is 577. The molecule has 0 spiro atoms. The molecule has 0 saturated heterocycles. The number of benzene rings is 1. The molecule has 126 valence electrons. The average Bonchev–Trinajstić information content (AvgIpc) is 2.56. The van der Waals surface area contributed by atoms with Crippen LogP contribution in [0.15, 0.2) is 18.2 Å². The van der Waals surface area contributed by atoms with Crippen molar-refractivity contribution in [3.8, 4) is 5.75 Å². The van der Waals surface area contributed by atoms with Crippen LogP contribution >= 0.6 is 11.6 Å². The van der Waals surface area contributed by atoms with Crippen LogP contribution in [0.1, 0.15) is 31.2 Å². The minimum Gasteiger partial charge on any atom is -0.496 e. The van der Waals surface area contributed by atoms with E-state index in [1.54, 1.807) is 32.4 Å². The normalized spacial score (nSPS) is 20.7. The van der Waals surface area contributed by atoms with E-state index in [0.29, 0.717) is 16.3 Å². The summed E-state index contributed by atoms with van der Waals surface area (Å²) in [6.45, 7) is 0. The third-order valence-electron chi connectivity index (χ3n) is 4.33. The van der Waals surface area contributed by atoms with Gasteiger partial charge in [0.25, 0.3) is 0 Å². The maximum Gasteiger partial charge on any atom is 0.224 e. The molecule has 2 amide bonds. The number of rotatable bonds is 5. The maximum atomic E-state index is 12.4. The van der Waals surface area contributed by atoms with Crippen LogP contribution in [0.5, 0.6) is 5.75 Å². The van der Waals surface area contributed by atoms with E-state index in [1.165, 1.54) is 0 Å². The lowest BCUT2D eigenvalue weighted by atomic mass is 9.83. The molecule has 0 heterocycles. The van der Waals surface area contributed by atoms with Crippen LogP contribution in [0.2, 0.25) is 5.02 Å². The number of nitrogens with one attached hydrogen (secondary N) is 2. The van der Waals surface area contributed by atoms with Crippen LogP contribution in [0.4, 0.5) is 0 Å². The Morgan fingerprint density at radius 3 is 2.74 bits per heavy atom. The van der Waals surface area contributed by atoms with E-state index in [9.17, 15) is 9.59 Å². The summed E-state index contributed by atoms with van der Waals surface area (Å²) in [6.07, 6.45) is 3.81. The van der Waals surface area contributed by atoms with E-state index in [0.717, 1.165) is 25.7 Å². The Labute approximate surface area is 141 Å². The first kappa shape index (κ1) is 17.6. The quantitative estimate of drug-likeness (QED) is 0.865. The molecule has 2 N–H and O–H groups in total. The van der Waals surface area contributed by atoms with Crippen molar-refractivity contribution >= 4 is 23.4 Å². The number of hydrogen-bond donors (Lipinski definition) is 2. The van der Waals surface area contributed by atoms with Gasteiger partial charge >= 0.3 is 0 Å². The second-order valence-electron chi connectivity index (χ2n) is 5.78. The van der Waals surface area contributed by atoms with Gasteiger partial charge in [0.2, 0.25) is 11.8 Å². The largest absolute Gasteiger partial charge is 0.496 e. The van der Waals surface area contributed by atoms with Gasteiger partial charge in [-0.2, -0.15) is 0 Å². The fourth-order valence-electron chi connectivity index (χ4n) is 3.12. The fraction of sp³-hybridized carbons (Fsp3) is 0.529. The molecule has 1 aliphatic rings. The van der Waals surface area contributed by atoms with Gasteiger partial charge in [0, 0.05) is 23.7 Å². The van der Waals surface area contributed by atoms with E-state index in [-0.39, 0.29) is 30.2 Å². The van der Waals surface area contributed by atoms with Gasteiger partial charge in [-0.1, -0.05) is 30.5 Å². The van der Waals surface area contributed by atoms with Crippen molar-refractivity contribution in [2.75, 3.05) is 14.2 Å². The minimum atomic E-state index is -0.161. The van der Waals surface area contributed by atoms with Crippen molar-refractivity contribution < 1.29 is 14.3 Å². The van der Waals surface area contributed by atoms with Gasteiger partial charge in [-0.3, -0.25) is 9.59 Å². The van der Waals surface area contributed by atoms with Crippen molar-refractivity contribution in [1.29, 1.82) is 0 Å². The summed E-state index contributed by atoms with van der Waals surface area (Å²) in [6, 6.07) is 5.18. The Morgan fingerprint density at radius 1 is 1.30 bits per heavy atom. The molecule has 6 heteroatoms. The molecule has 0 radical (unpaired) electrons. The molecule has 1 aromatic rings. The molecule has 23 heavy (non-hydrogen) atoms. The zero-order valence-electron chi connectivity index (χ0n) is 13.5. The predicted octanol–water partition coefficient (Wildman–Crippen LogP) is 2.31. The number of carbonyl (C=O) groups excluding carboxylic acids is 2. The van der Waals surface area contributed by atoms with Gasteiger partial charge in [0.15, 0.2) is 0 Å². The van der Waals surface area contributed by atoms with Crippen LogP contribution < -0.4 is 15.4 Å². The summed E-state index contributed by atoms with van der Waals surface area (Å²) in [5.41, 5.74) is 0.668. The molecular weight excluding hydrogens is 316 g/mol. The second-order valence-corrected chi connectivity index (χ2v) is 6.18. The highest BCUT2D eigenvalue weighted by Crippen LogP contribution is 2.28. The van der Waals surface area contributed by atoms with Crippen molar-refractivity contribution in [2.45, 2.75) is 38.1 Å². The number of ether oxygens (including phenoxy) is 1. The Hall–Kier alpha value is -1.75. The molecule has 1 aromatic carbocycles. The molecule has 0 bridgehead atoms. The maximum absolute atomic E-state index is 12.4. The van der Waals surface area contributed by atoms with Gasteiger partial charge in [0.1, 0.15) is 5.75 Å². The summed E-state index contributed by atoms with van der Waals surface area (Å²) in [5, 5.41) is 6.19. The van der Waals surface area contributed by atoms with Crippen molar-refractivity contribution in [3.05, 3.63) is 28.8 Å². The lowest BCUT2D eigenvalue weighted by Crippen LogP contribution is -2.48. The van der Waals surface area contributed by atoms with Crippen LogP contribution in [0.25, 0.3) is 0 Å². The van der Waals surface area contributed by atoms with Gasteiger partial charge in [-0.25, -0.2) is 0 Å². The molecule has 0 unspecified atom stereocenters. The van der Waals surface area contributed by atoms with Crippen LogP contribution in [-0.2, 0) is 16.0 Å². The zero-order chi connectivity index (χ0) is 16.8. The highest BCUT2D eigenvalue weighted by Gasteiger charge is 2.31.